The van der Waals surface area contributed by atoms with Crippen LogP contribution in [0.25, 0.3) is 0 Å². The number of sulfonamides is 1. The van der Waals surface area contributed by atoms with Crippen LogP contribution in [0.15, 0.2) is 42.5 Å². The van der Waals surface area contributed by atoms with Gasteiger partial charge in [-0.1, -0.05) is 54.4 Å². The number of aryl methyl sites for hydroxylation is 1. The third-order valence-corrected chi connectivity index (χ3v) is 6.76. The Balaban J connectivity index is 2.47. The lowest BCUT2D eigenvalue weighted by Gasteiger charge is -2.33. The maximum atomic E-state index is 13.5. The van der Waals surface area contributed by atoms with Crippen molar-refractivity contribution < 1.29 is 18.0 Å². The number of hydrogen-bond acceptors (Lipinski definition) is 4. The molecule has 0 saturated carbocycles. The van der Waals surface area contributed by atoms with Crippen LogP contribution >= 0.6 is 23.2 Å². The predicted octanol–water partition coefficient (Wildman–Crippen LogP) is 3.62. The summed E-state index contributed by atoms with van der Waals surface area (Å²) in [5.41, 5.74) is 1.70. The molecule has 1 atom stereocenters. The molecule has 10 heteroatoms. The SMILES string of the molecule is CCC(C(=O)NC)N(Cc1ccc(Cl)cc1Cl)C(=O)CN(c1ccccc1C)S(C)(=O)=O. The highest BCUT2D eigenvalue weighted by Crippen LogP contribution is 2.25. The van der Waals surface area contributed by atoms with Gasteiger partial charge in [0.15, 0.2) is 0 Å². The predicted molar refractivity (Wildman–Crippen MR) is 129 cm³/mol. The third-order valence-electron chi connectivity index (χ3n) is 5.05. The van der Waals surface area contributed by atoms with Gasteiger partial charge in [0.25, 0.3) is 0 Å². The number of carbonyl (C=O) groups is 2. The Morgan fingerprint density at radius 2 is 1.78 bits per heavy atom. The van der Waals surface area contributed by atoms with Crippen molar-refractivity contribution in [3.63, 3.8) is 0 Å². The topological polar surface area (TPSA) is 86.8 Å². The Hall–Kier alpha value is -2.29. The maximum absolute atomic E-state index is 13.5. The van der Waals surface area contributed by atoms with Crippen molar-refractivity contribution in [2.24, 2.45) is 0 Å². The number of para-hydroxylation sites is 1. The summed E-state index contributed by atoms with van der Waals surface area (Å²) < 4.78 is 26.2. The highest BCUT2D eigenvalue weighted by molar-refractivity contribution is 7.92. The van der Waals surface area contributed by atoms with Gasteiger partial charge in [0.1, 0.15) is 12.6 Å². The number of likely N-dealkylation sites (N-methyl/N-ethyl adjacent to an activating group) is 1. The second-order valence-electron chi connectivity index (χ2n) is 7.35. The molecule has 0 aliphatic rings. The van der Waals surface area contributed by atoms with Crippen LogP contribution in [0.3, 0.4) is 0 Å². The molecule has 32 heavy (non-hydrogen) atoms. The van der Waals surface area contributed by atoms with Crippen LogP contribution in [0.4, 0.5) is 5.69 Å². The molecule has 174 valence electrons. The quantitative estimate of drug-likeness (QED) is 0.570. The molecule has 2 rings (SSSR count). The van der Waals surface area contributed by atoms with Gasteiger partial charge in [0, 0.05) is 23.6 Å². The van der Waals surface area contributed by atoms with Gasteiger partial charge in [0.05, 0.1) is 11.9 Å². The van der Waals surface area contributed by atoms with Gasteiger partial charge in [0.2, 0.25) is 21.8 Å². The van der Waals surface area contributed by atoms with Gasteiger partial charge < -0.3 is 10.2 Å². The van der Waals surface area contributed by atoms with Gasteiger partial charge >= 0.3 is 0 Å². The fourth-order valence-corrected chi connectivity index (χ4v) is 4.73. The van der Waals surface area contributed by atoms with Crippen LogP contribution in [-0.2, 0) is 26.2 Å². The van der Waals surface area contributed by atoms with E-state index in [4.69, 9.17) is 23.2 Å². The molecular formula is C22H27Cl2N3O4S. The second kappa shape index (κ2) is 11.0. The summed E-state index contributed by atoms with van der Waals surface area (Å²) in [7, 11) is -2.29. The summed E-state index contributed by atoms with van der Waals surface area (Å²) >= 11 is 12.3. The molecule has 1 N–H and O–H groups in total. The minimum absolute atomic E-state index is 0.0200. The van der Waals surface area contributed by atoms with Crippen LogP contribution in [0.1, 0.15) is 24.5 Å². The first-order chi connectivity index (χ1) is 15.0. The molecule has 0 fully saturated rings. The highest BCUT2D eigenvalue weighted by atomic mass is 35.5. The minimum atomic E-state index is -3.77. The van der Waals surface area contributed by atoms with Crippen LogP contribution < -0.4 is 9.62 Å². The van der Waals surface area contributed by atoms with Crippen molar-refractivity contribution >= 4 is 50.7 Å². The standard InChI is InChI=1S/C22H27Cl2N3O4S/c1-5-19(22(29)25-3)26(13-16-10-11-17(23)12-18(16)24)21(28)14-27(32(4,30)31)20-9-7-6-8-15(20)2/h6-12,19H,5,13-14H2,1-4H3,(H,25,29). The number of nitrogens with zero attached hydrogens (tertiary/aromatic N) is 2. The first-order valence-electron chi connectivity index (χ1n) is 9.97. The largest absolute Gasteiger partial charge is 0.357 e. The lowest BCUT2D eigenvalue weighted by molar-refractivity contribution is -0.140. The monoisotopic (exact) mass is 499 g/mol. The van der Waals surface area contributed by atoms with Gasteiger partial charge in [-0.25, -0.2) is 8.42 Å². The Labute approximate surface area is 199 Å². The van der Waals surface area contributed by atoms with E-state index >= 15 is 0 Å². The highest BCUT2D eigenvalue weighted by Gasteiger charge is 2.32. The van der Waals surface area contributed by atoms with Crippen LogP contribution in [0.5, 0.6) is 0 Å². The number of nitrogens with one attached hydrogen (secondary N) is 1. The molecule has 0 heterocycles. The number of anilines is 1. The van der Waals surface area contributed by atoms with E-state index in [-0.39, 0.29) is 12.5 Å². The zero-order chi connectivity index (χ0) is 24.1. The van der Waals surface area contributed by atoms with E-state index in [1.807, 2.05) is 0 Å². The summed E-state index contributed by atoms with van der Waals surface area (Å²) in [5.74, 6) is -0.882. The van der Waals surface area contributed by atoms with E-state index in [1.54, 1.807) is 56.3 Å². The number of halogens is 2. The Kier molecular flexibility index (Phi) is 8.95. The number of hydrogen-bond donors (Lipinski definition) is 1. The average molecular weight is 500 g/mol. The van der Waals surface area contributed by atoms with Gasteiger partial charge in [-0.15, -0.1) is 0 Å². The number of amides is 2. The maximum Gasteiger partial charge on any atom is 0.244 e. The van der Waals surface area contributed by atoms with E-state index in [9.17, 15) is 18.0 Å². The average Bonchev–Trinajstić information content (AvgIpc) is 2.72. The van der Waals surface area contributed by atoms with E-state index in [1.165, 1.54) is 11.9 Å². The van der Waals surface area contributed by atoms with Crippen molar-refractivity contribution in [3.8, 4) is 0 Å². The molecule has 0 aliphatic carbocycles. The second-order valence-corrected chi connectivity index (χ2v) is 10.1. The normalized spacial score (nSPS) is 12.2. The van der Waals surface area contributed by atoms with E-state index in [2.05, 4.69) is 5.32 Å². The van der Waals surface area contributed by atoms with Gasteiger partial charge in [-0.05, 0) is 42.7 Å². The molecule has 7 nitrogen and oxygen atoms in total. The molecule has 0 radical (unpaired) electrons. The molecule has 2 amide bonds. The smallest absolute Gasteiger partial charge is 0.244 e. The van der Waals surface area contributed by atoms with E-state index < -0.39 is 28.5 Å². The van der Waals surface area contributed by atoms with Crippen molar-refractivity contribution in [2.75, 3.05) is 24.2 Å². The molecule has 2 aromatic carbocycles. The first-order valence-corrected chi connectivity index (χ1v) is 12.6. The van der Waals surface area contributed by atoms with Crippen LogP contribution in [0, 0.1) is 6.92 Å². The Morgan fingerprint density at radius 1 is 1.12 bits per heavy atom. The van der Waals surface area contributed by atoms with Crippen LogP contribution in [-0.4, -0.2) is 51.0 Å². The molecular weight excluding hydrogens is 473 g/mol. The van der Waals surface area contributed by atoms with Crippen molar-refractivity contribution in [3.05, 3.63) is 63.6 Å². The summed E-state index contributed by atoms with van der Waals surface area (Å²) in [5, 5.41) is 3.36. The Morgan fingerprint density at radius 3 is 2.31 bits per heavy atom. The lowest BCUT2D eigenvalue weighted by Crippen LogP contribution is -2.51. The molecule has 2 aromatic rings. The van der Waals surface area contributed by atoms with Gasteiger partial charge in [-0.2, -0.15) is 0 Å². The molecule has 0 saturated heterocycles. The summed E-state index contributed by atoms with van der Waals surface area (Å²) in [6, 6.07) is 11.0. The van der Waals surface area contributed by atoms with E-state index in [0.29, 0.717) is 33.3 Å². The molecule has 0 bridgehead atoms. The molecule has 0 aromatic heterocycles. The molecule has 1 unspecified atom stereocenters. The zero-order valence-electron chi connectivity index (χ0n) is 18.4. The number of benzene rings is 2. The fraction of sp³-hybridized carbons (Fsp3) is 0.364. The van der Waals surface area contributed by atoms with Gasteiger partial charge in [-0.3, -0.25) is 13.9 Å². The molecule has 0 aliphatic heterocycles. The minimum Gasteiger partial charge on any atom is -0.357 e. The lowest BCUT2D eigenvalue weighted by atomic mass is 10.1. The van der Waals surface area contributed by atoms with Crippen LogP contribution in [0.2, 0.25) is 10.0 Å². The first kappa shape index (κ1) is 26.0. The third kappa shape index (κ3) is 6.37. The Bertz CT molecular complexity index is 1090. The fourth-order valence-electron chi connectivity index (χ4n) is 3.36. The summed E-state index contributed by atoms with van der Waals surface area (Å²) in [6.45, 7) is 3.11. The zero-order valence-corrected chi connectivity index (χ0v) is 20.8. The molecule has 0 spiro atoms. The number of carbonyl (C=O) groups excluding carboxylic acids is 2. The van der Waals surface area contributed by atoms with E-state index in [0.717, 1.165) is 10.6 Å². The number of rotatable bonds is 9. The van der Waals surface area contributed by atoms with Crippen molar-refractivity contribution in [1.29, 1.82) is 0 Å². The van der Waals surface area contributed by atoms with Crippen molar-refractivity contribution in [1.82, 2.24) is 10.2 Å². The summed E-state index contributed by atoms with van der Waals surface area (Å²) in [6.07, 6.45) is 1.38. The summed E-state index contributed by atoms with van der Waals surface area (Å²) in [4.78, 5) is 27.3. The van der Waals surface area contributed by atoms with Crippen molar-refractivity contribution in [2.45, 2.75) is 32.9 Å².